The topological polar surface area (TPSA) is 140 Å². The second-order valence-electron chi connectivity index (χ2n) is 15.8. The van der Waals surface area contributed by atoms with Gasteiger partial charge in [0.15, 0.2) is 0 Å². The van der Waals surface area contributed by atoms with Gasteiger partial charge in [0, 0.05) is 19.1 Å². The van der Waals surface area contributed by atoms with Crippen LogP contribution in [0.3, 0.4) is 0 Å². The number of carbonyl (C=O) groups is 3. The minimum Gasteiger partial charge on any atom is -0.453 e. The van der Waals surface area contributed by atoms with E-state index < -0.39 is 6.09 Å². The van der Waals surface area contributed by atoms with E-state index in [9.17, 15) is 14.4 Å². The molecule has 57 heavy (non-hydrogen) atoms. The lowest BCUT2D eigenvalue weighted by Crippen LogP contribution is -2.49. The summed E-state index contributed by atoms with van der Waals surface area (Å²) in [7, 11) is 5.26. The Kier molecular flexibility index (Phi) is 11.2. The molecular formula is C45H52N8O4. The molecule has 3 N–H and O–H groups in total. The quantitative estimate of drug-likeness (QED) is 0.133. The highest BCUT2D eigenvalue weighted by atomic mass is 16.5. The van der Waals surface area contributed by atoms with Gasteiger partial charge in [0.05, 0.1) is 48.9 Å². The lowest BCUT2D eigenvalue weighted by molar-refractivity contribution is -0.139. The maximum absolute atomic E-state index is 13.9. The van der Waals surface area contributed by atoms with Crippen molar-refractivity contribution in [1.82, 2.24) is 40.0 Å². The van der Waals surface area contributed by atoms with Gasteiger partial charge in [-0.05, 0) is 80.4 Å². The minimum atomic E-state index is -0.486. The van der Waals surface area contributed by atoms with Crippen LogP contribution in [0.25, 0.3) is 33.6 Å². The summed E-state index contributed by atoms with van der Waals surface area (Å²) in [6.45, 7) is 1.40. The monoisotopic (exact) mass is 768 g/mol. The van der Waals surface area contributed by atoms with Crippen molar-refractivity contribution in [2.75, 3.05) is 34.3 Å². The summed E-state index contributed by atoms with van der Waals surface area (Å²) in [5.41, 5.74) is 7.07. The van der Waals surface area contributed by atoms with E-state index in [0.717, 1.165) is 102 Å². The zero-order chi connectivity index (χ0) is 39.5. The molecule has 8 rings (SSSR count). The van der Waals surface area contributed by atoms with Gasteiger partial charge in [0.2, 0.25) is 11.8 Å². The largest absolute Gasteiger partial charge is 0.453 e. The third-order valence-corrected chi connectivity index (χ3v) is 12.1. The molecule has 3 aliphatic rings. The van der Waals surface area contributed by atoms with Crippen LogP contribution in [0.1, 0.15) is 86.7 Å². The molecule has 4 heterocycles. The Morgan fingerprint density at radius 3 is 1.79 bits per heavy atom. The Morgan fingerprint density at radius 1 is 0.702 bits per heavy atom. The Labute approximate surface area is 334 Å². The maximum atomic E-state index is 13.9. The Morgan fingerprint density at radius 2 is 1.23 bits per heavy atom. The number of rotatable bonds is 10. The average molecular weight is 769 g/mol. The fraction of sp³-hybridized carbons (Fsp3) is 0.400. The molecule has 1 aliphatic carbocycles. The molecule has 2 saturated heterocycles. The summed E-state index contributed by atoms with van der Waals surface area (Å²) in [6, 6.07) is 26.1. The van der Waals surface area contributed by atoms with Crippen molar-refractivity contribution in [3.8, 4) is 33.6 Å². The molecule has 12 nitrogen and oxygen atoms in total. The van der Waals surface area contributed by atoms with Crippen LogP contribution in [0.2, 0.25) is 0 Å². The van der Waals surface area contributed by atoms with Crippen molar-refractivity contribution in [3.05, 3.63) is 108 Å². The first-order valence-electron chi connectivity index (χ1n) is 20.3. The Balaban J connectivity index is 0.915. The van der Waals surface area contributed by atoms with E-state index in [1.165, 1.54) is 7.11 Å². The number of benzene rings is 3. The first-order chi connectivity index (χ1) is 27.8. The number of amides is 3. The third kappa shape index (κ3) is 7.96. The summed E-state index contributed by atoms with van der Waals surface area (Å²) < 4.78 is 4.84. The number of carbonyl (C=O) groups excluding carboxylic acids is 3. The predicted molar refractivity (Wildman–Crippen MR) is 219 cm³/mol. The van der Waals surface area contributed by atoms with E-state index in [1.807, 2.05) is 71.5 Å². The number of likely N-dealkylation sites (tertiary alicyclic amines) is 2. The highest BCUT2D eigenvalue weighted by molar-refractivity contribution is 5.84. The fourth-order valence-electron chi connectivity index (χ4n) is 9.10. The lowest BCUT2D eigenvalue weighted by Gasteiger charge is -2.35. The summed E-state index contributed by atoms with van der Waals surface area (Å²) in [6.07, 6.45) is 10.3. The van der Waals surface area contributed by atoms with Gasteiger partial charge in [0.1, 0.15) is 17.7 Å². The zero-order valence-corrected chi connectivity index (χ0v) is 33.0. The van der Waals surface area contributed by atoms with Crippen molar-refractivity contribution in [2.45, 2.75) is 75.5 Å². The molecule has 3 aromatic carbocycles. The van der Waals surface area contributed by atoms with Gasteiger partial charge < -0.3 is 29.8 Å². The summed E-state index contributed by atoms with van der Waals surface area (Å²) >= 11 is 0. The molecule has 3 amide bonds. The van der Waals surface area contributed by atoms with Gasteiger partial charge in [-0.25, -0.2) is 14.8 Å². The number of alkyl carbamates (subject to hydrolysis) is 1. The van der Waals surface area contributed by atoms with Crippen LogP contribution in [0.15, 0.2) is 91.3 Å². The van der Waals surface area contributed by atoms with Gasteiger partial charge in [0.25, 0.3) is 0 Å². The second kappa shape index (κ2) is 16.8. The second-order valence-corrected chi connectivity index (χ2v) is 15.8. The molecule has 1 saturated carbocycles. The molecule has 3 fully saturated rings. The number of H-pyrrole nitrogens is 2. The van der Waals surface area contributed by atoms with Crippen LogP contribution < -0.4 is 5.32 Å². The number of ether oxygens (including phenoxy) is 1. The highest BCUT2D eigenvalue weighted by Crippen LogP contribution is 2.37. The fourth-order valence-corrected chi connectivity index (χ4v) is 9.10. The molecule has 2 aliphatic heterocycles. The van der Waals surface area contributed by atoms with Crippen molar-refractivity contribution < 1.29 is 19.1 Å². The molecule has 0 spiro atoms. The molecule has 0 bridgehead atoms. The van der Waals surface area contributed by atoms with E-state index in [4.69, 9.17) is 14.7 Å². The number of nitrogens with one attached hydrogen (secondary N) is 3. The maximum Gasteiger partial charge on any atom is 0.407 e. The van der Waals surface area contributed by atoms with Gasteiger partial charge in [-0.2, -0.15) is 0 Å². The molecule has 0 unspecified atom stereocenters. The molecule has 12 heteroatoms. The SMILES string of the molecule is COC(=O)N[C@@H]1CCCC[C@@H]1C(=O)N1CCC[C@H]1c1ncc(-c2ccc(-c3ccc(-c4cnc([C@@H]5CCCN5C(=O)[C@@H](c5ccccc5)N(C)C)[nH]4)cc3)cc2)[nH]1. The lowest BCUT2D eigenvalue weighted by atomic mass is 9.83. The number of aromatic amines is 2. The number of hydrogen-bond donors (Lipinski definition) is 3. The normalized spacial score (nSPS) is 21.5. The van der Waals surface area contributed by atoms with Crippen molar-refractivity contribution in [1.29, 1.82) is 0 Å². The van der Waals surface area contributed by atoms with E-state index in [2.05, 4.69) is 63.8 Å². The highest BCUT2D eigenvalue weighted by Gasteiger charge is 2.40. The predicted octanol–water partition coefficient (Wildman–Crippen LogP) is 7.68. The van der Waals surface area contributed by atoms with Crippen LogP contribution in [0.4, 0.5) is 4.79 Å². The molecule has 2 aromatic heterocycles. The van der Waals surface area contributed by atoms with Crippen LogP contribution in [-0.4, -0.2) is 92.9 Å². The molecule has 0 radical (unpaired) electrons. The Hall–Kier alpha value is -5.75. The molecular weight excluding hydrogens is 717 g/mol. The number of aromatic nitrogens is 4. The number of hydrogen-bond acceptors (Lipinski definition) is 7. The number of methoxy groups -OCH3 is 1. The first-order valence-corrected chi connectivity index (χ1v) is 20.3. The summed E-state index contributed by atoms with van der Waals surface area (Å²) in [5.74, 6) is 1.55. The van der Waals surface area contributed by atoms with Crippen molar-refractivity contribution in [3.63, 3.8) is 0 Å². The molecule has 5 atom stereocenters. The van der Waals surface area contributed by atoms with Crippen molar-refractivity contribution in [2.24, 2.45) is 5.92 Å². The number of nitrogens with zero attached hydrogens (tertiary/aromatic N) is 5. The van der Waals surface area contributed by atoms with E-state index in [0.29, 0.717) is 13.1 Å². The summed E-state index contributed by atoms with van der Waals surface area (Å²) in [5, 5.41) is 2.91. The smallest absolute Gasteiger partial charge is 0.407 e. The standard InChI is InChI=1S/C45H52N8O4/c1-51(2)40(33-11-5-4-6-12-33)44(55)53-26-10-16-39(53)42-47-28-37(49-42)32-23-19-30(20-24-32)29-17-21-31(22-18-29)36-27-46-41(48-36)38-15-9-25-52(38)43(54)34-13-7-8-14-35(34)50-45(56)57-3/h4-6,11-12,17-24,27-28,34-35,38-40H,7-10,13-16,25-26H2,1-3H3,(H,46,48)(H,47,49)(H,50,56)/t34-,35+,38-,39-,40+/m0/s1. The van der Waals surface area contributed by atoms with Crippen LogP contribution in [-0.2, 0) is 14.3 Å². The van der Waals surface area contributed by atoms with Gasteiger partial charge in [-0.1, -0.05) is 91.7 Å². The molecule has 5 aromatic rings. The zero-order valence-electron chi connectivity index (χ0n) is 33.0. The molecule has 296 valence electrons. The Bertz CT molecular complexity index is 2160. The van der Waals surface area contributed by atoms with Gasteiger partial charge in [-0.3, -0.25) is 14.5 Å². The van der Waals surface area contributed by atoms with Crippen molar-refractivity contribution >= 4 is 17.9 Å². The van der Waals surface area contributed by atoms with Crippen LogP contribution >= 0.6 is 0 Å². The van der Waals surface area contributed by atoms with E-state index in [1.54, 1.807) is 0 Å². The minimum absolute atomic E-state index is 0.0877. The van der Waals surface area contributed by atoms with Gasteiger partial charge >= 0.3 is 6.09 Å². The van der Waals surface area contributed by atoms with E-state index in [-0.39, 0.29) is 41.9 Å². The number of likely N-dealkylation sites (N-methyl/N-ethyl adjacent to an activating group) is 1. The van der Waals surface area contributed by atoms with Crippen LogP contribution in [0, 0.1) is 5.92 Å². The first kappa shape index (κ1) is 38.1. The van der Waals surface area contributed by atoms with Gasteiger partial charge in [-0.15, -0.1) is 0 Å². The number of imidazole rings is 2. The third-order valence-electron chi connectivity index (χ3n) is 12.1. The average Bonchev–Trinajstić information content (AvgIpc) is 4.08. The van der Waals surface area contributed by atoms with E-state index >= 15 is 0 Å². The van der Waals surface area contributed by atoms with Crippen LogP contribution in [0.5, 0.6) is 0 Å². The summed E-state index contributed by atoms with van der Waals surface area (Å²) in [4.78, 5) is 62.3.